The fraction of sp³-hybridized carbons (Fsp3) is 0.263. The summed E-state index contributed by atoms with van der Waals surface area (Å²) in [6, 6.07) is 3.59. The van der Waals surface area contributed by atoms with Gasteiger partial charge in [0.05, 0.1) is 21.9 Å². The molecule has 0 spiro atoms. The minimum Gasteiger partial charge on any atom is -0.348 e. The molecule has 0 atom stereocenters. The maximum atomic E-state index is 13.1. The lowest BCUT2D eigenvalue weighted by Crippen LogP contribution is -2.24. The van der Waals surface area contributed by atoms with Crippen LogP contribution in [-0.4, -0.2) is 34.1 Å². The minimum absolute atomic E-state index is 0.0425. The van der Waals surface area contributed by atoms with E-state index >= 15 is 0 Å². The number of imidazole rings is 1. The van der Waals surface area contributed by atoms with Crippen LogP contribution in [0.1, 0.15) is 37.4 Å². The van der Waals surface area contributed by atoms with Gasteiger partial charge in [-0.15, -0.1) is 0 Å². The van der Waals surface area contributed by atoms with Crippen LogP contribution < -0.4 is 0 Å². The van der Waals surface area contributed by atoms with Crippen LogP contribution in [0, 0.1) is 13.7 Å². The van der Waals surface area contributed by atoms with Gasteiger partial charge in [0.1, 0.15) is 5.65 Å². The van der Waals surface area contributed by atoms with Gasteiger partial charge in [0.15, 0.2) is 0 Å². The molecule has 0 unspecified atom stereocenters. The third kappa shape index (κ3) is 2.97. The standard InChI is InChI=1S/C19H21N3O/c1-13-5-8-15(9-6-13)19-16(11-18(23)21(3)4)22-12-14(2)7-10-17(22)20-19/h5-10,12H,11H2,1-4H3/i1D3,2D3,3D3,4D3,7D,10D,12D. The Bertz CT molecular complexity index is 1370. The second kappa shape index (κ2) is 5.88. The molecule has 23 heavy (non-hydrogen) atoms. The van der Waals surface area contributed by atoms with E-state index in [0.717, 1.165) is 4.40 Å². The highest BCUT2D eigenvalue weighted by atomic mass is 16.2. The predicted octanol–water partition coefficient (Wildman–Crippen LogP) is 3.25. The molecule has 1 aromatic carbocycles. The van der Waals surface area contributed by atoms with E-state index in [4.69, 9.17) is 20.6 Å². The number of rotatable bonds is 3. The molecular formula is C19H21N3O. The van der Waals surface area contributed by atoms with Crippen molar-refractivity contribution < 1.29 is 25.4 Å². The molecule has 3 aromatic rings. The summed E-state index contributed by atoms with van der Waals surface area (Å²) in [6.45, 7) is -12.2. The minimum atomic E-state index is -3.38. The van der Waals surface area contributed by atoms with Crippen molar-refractivity contribution in [3.05, 3.63) is 59.3 Å². The monoisotopic (exact) mass is 322 g/mol. The molecule has 0 radical (unpaired) electrons. The third-order valence-electron chi connectivity index (χ3n) is 3.22. The highest BCUT2D eigenvalue weighted by Crippen LogP contribution is 2.26. The molecule has 0 bridgehead atoms. The molecule has 118 valence electrons. The molecule has 4 nitrogen and oxygen atoms in total. The average molecular weight is 322 g/mol. The molecule has 2 aromatic heterocycles. The summed E-state index contributed by atoms with van der Waals surface area (Å²) < 4.78 is 117. The first-order valence-corrected chi connectivity index (χ1v) is 6.52. The van der Waals surface area contributed by atoms with E-state index in [0.29, 0.717) is 0 Å². The normalized spacial score (nSPS) is 22.7. The molecule has 0 aliphatic carbocycles. The first kappa shape index (κ1) is 5.48. The number of fused-ring (bicyclic) bond motifs is 1. The highest BCUT2D eigenvalue weighted by Gasteiger charge is 2.18. The lowest BCUT2D eigenvalue weighted by Gasteiger charge is -2.11. The number of nitrogens with zero attached hydrogens (tertiary/aromatic N) is 3. The lowest BCUT2D eigenvalue weighted by molar-refractivity contribution is -0.128. The predicted molar refractivity (Wildman–Crippen MR) is 92.5 cm³/mol. The number of aryl methyl sites for hydroxylation is 1. The summed E-state index contributed by atoms with van der Waals surface area (Å²) in [6.07, 6.45) is -1.81. The van der Waals surface area contributed by atoms with Gasteiger partial charge in [-0.3, -0.25) is 4.79 Å². The van der Waals surface area contributed by atoms with E-state index < -0.39 is 69.5 Å². The molecule has 3 rings (SSSR count). The van der Waals surface area contributed by atoms with Crippen molar-refractivity contribution in [3.63, 3.8) is 0 Å². The molecule has 0 N–H and O–H groups in total. The Morgan fingerprint density at radius 3 is 2.70 bits per heavy atom. The van der Waals surface area contributed by atoms with Crippen molar-refractivity contribution in [1.82, 2.24) is 14.3 Å². The summed E-state index contributed by atoms with van der Waals surface area (Å²) in [5.41, 5.74) is -1.59. The van der Waals surface area contributed by atoms with E-state index in [1.165, 1.54) is 24.3 Å². The Balaban J connectivity index is 2.38. The van der Waals surface area contributed by atoms with Gasteiger partial charge >= 0.3 is 0 Å². The molecular weight excluding hydrogens is 286 g/mol. The van der Waals surface area contributed by atoms with Crippen LogP contribution in [0.2, 0.25) is 0 Å². The van der Waals surface area contributed by atoms with Crippen molar-refractivity contribution in [3.8, 4) is 11.3 Å². The number of hydrogen-bond donors (Lipinski definition) is 0. The molecule has 2 heterocycles. The summed E-state index contributed by atoms with van der Waals surface area (Å²) in [5.74, 6) is -1.43. The zero-order valence-corrected chi connectivity index (χ0v) is 11.8. The first-order chi connectivity index (χ1) is 17.1. The van der Waals surface area contributed by atoms with Gasteiger partial charge in [0, 0.05) is 42.1 Å². The van der Waals surface area contributed by atoms with Crippen LogP contribution in [0.15, 0.2) is 42.5 Å². The lowest BCUT2D eigenvalue weighted by atomic mass is 10.1. The number of hydrogen-bond acceptors (Lipinski definition) is 2. The van der Waals surface area contributed by atoms with E-state index in [1.807, 2.05) is 0 Å². The van der Waals surface area contributed by atoms with E-state index in [2.05, 4.69) is 4.98 Å². The zero-order valence-electron chi connectivity index (χ0n) is 26.8. The third-order valence-corrected chi connectivity index (χ3v) is 3.22. The topological polar surface area (TPSA) is 37.6 Å². The summed E-state index contributed by atoms with van der Waals surface area (Å²) in [7, 11) is 0. The van der Waals surface area contributed by atoms with Crippen molar-refractivity contribution in [2.75, 3.05) is 14.0 Å². The number of amides is 1. The van der Waals surface area contributed by atoms with Gasteiger partial charge in [-0.05, 0) is 25.3 Å². The van der Waals surface area contributed by atoms with Crippen LogP contribution in [-0.2, 0) is 11.2 Å². The Hall–Kier alpha value is -2.62. The molecule has 0 fully saturated rings. The van der Waals surface area contributed by atoms with Crippen LogP contribution in [0.3, 0.4) is 0 Å². The van der Waals surface area contributed by atoms with Crippen molar-refractivity contribution in [2.24, 2.45) is 0 Å². The van der Waals surface area contributed by atoms with E-state index in [1.54, 1.807) is 0 Å². The zero-order chi connectivity index (χ0) is 29.2. The van der Waals surface area contributed by atoms with Crippen LogP contribution in [0.25, 0.3) is 16.9 Å². The maximum Gasteiger partial charge on any atom is 0.228 e. The van der Waals surface area contributed by atoms with Crippen molar-refractivity contribution in [1.29, 1.82) is 0 Å². The Kier molecular flexibility index (Phi) is 1.40. The van der Waals surface area contributed by atoms with Crippen molar-refractivity contribution >= 4 is 11.6 Å². The molecule has 0 aliphatic heterocycles. The number of likely N-dealkylation sites (N-methyl/N-ethyl adjacent to an activating group) is 1. The Labute approximate surface area is 157 Å². The first-order valence-electron chi connectivity index (χ1n) is 14.0. The fourth-order valence-electron chi connectivity index (χ4n) is 2.16. The quantitative estimate of drug-likeness (QED) is 0.742. The van der Waals surface area contributed by atoms with Gasteiger partial charge in [0.25, 0.3) is 0 Å². The number of carbonyl (C=O) groups excluding carboxylic acids is 1. The van der Waals surface area contributed by atoms with Crippen LogP contribution in [0.5, 0.6) is 0 Å². The number of pyridine rings is 1. The summed E-state index contributed by atoms with van der Waals surface area (Å²) in [5, 5.41) is 0. The van der Waals surface area contributed by atoms with Gasteiger partial charge in [-0.2, -0.15) is 0 Å². The molecule has 0 saturated carbocycles. The van der Waals surface area contributed by atoms with Crippen molar-refractivity contribution in [2.45, 2.75) is 20.1 Å². The second-order valence-corrected chi connectivity index (χ2v) is 4.79. The average Bonchev–Trinajstić information content (AvgIpc) is 3.08. The highest BCUT2D eigenvalue weighted by molar-refractivity contribution is 5.81. The smallest absolute Gasteiger partial charge is 0.228 e. The Morgan fingerprint density at radius 2 is 2.00 bits per heavy atom. The maximum absolute atomic E-state index is 13.1. The number of aromatic nitrogens is 2. The fourth-order valence-corrected chi connectivity index (χ4v) is 2.16. The van der Waals surface area contributed by atoms with Crippen LogP contribution >= 0.6 is 0 Å². The number of benzene rings is 1. The van der Waals surface area contributed by atoms with Gasteiger partial charge in [-0.25, -0.2) is 4.98 Å². The Morgan fingerprint density at radius 1 is 1.22 bits per heavy atom. The molecule has 0 aliphatic rings. The molecule has 1 amide bonds. The molecule has 0 saturated heterocycles. The molecule has 4 heteroatoms. The van der Waals surface area contributed by atoms with Gasteiger partial charge < -0.3 is 9.30 Å². The summed E-state index contributed by atoms with van der Waals surface area (Å²) >= 11 is 0. The number of carbonyl (C=O) groups is 1. The summed E-state index contributed by atoms with van der Waals surface area (Å²) in [4.78, 5) is 17.0. The largest absolute Gasteiger partial charge is 0.348 e. The SMILES string of the molecule is [2H]c1c(C([2H])([2H])[2H])c([2H])n2c(CC(=O)N(C([2H])([2H])[2H])C([2H])([2H])[2H])c(-c3ccc(C([2H])([2H])[2H])cc3)nc2c1[2H]. The van der Waals surface area contributed by atoms with Crippen LogP contribution in [0.4, 0.5) is 0 Å². The van der Waals surface area contributed by atoms with E-state index in [9.17, 15) is 4.79 Å². The van der Waals surface area contributed by atoms with Gasteiger partial charge in [0.2, 0.25) is 5.91 Å². The second-order valence-electron chi connectivity index (χ2n) is 4.79. The van der Waals surface area contributed by atoms with Gasteiger partial charge in [-0.1, -0.05) is 35.9 Å². The van der Waals surface area contributed by atoms with E-state index in [-0.39, 0.29) is 27.4 Å².